The lowest BCUT2D eigenvalue weighted by atomic mass is 10.0. The average Bonchev–Trinajstić information content (AvgIpc) is 2.58. The van der Waals surface area contributed by atoms with E-state index in [1.54, 1.807) is 0 Å². The molecule has 1 N–H and O–H groups in total. The van der Waals surface area contributed by atoms with E-state index in [0.29, 0.717) is 12.2 Å². The Kier molecular flexibility index (Phi) is 4.51. The first-order valence-electron chi connectivity index (χ1n) is 8.39. The summed E-state index contributed by atoms with van der Waals surface area (Å²) in [5.74, 6) is 0.634. The highest BCUT2D eigenvalue weighted by molar-refractivity contribution is 5.78. The summed E-state index contributed by atoms with van der Waals surface area (Å²) in [6.45, 7) is 6.69. The minimum Gasteiger partial charge on any atom is -0.480 e. The average molecular weight is 325 g/mol. The number of aryl methyl sites for hydroxylation is 2. The van der Waals surface area contributed by atoms with E-state index in [1.165, 1.54) is 5.56 Å². The zero-order chi connectivity index (χ0) is 17.3. The van der Waals surface area contributed by atoms with Crippen LogP contribution in [0.1, 0.15) is 36.1 Å². The van der Waals surface area contributed by atoms with Gasteiger partial charge in [-0.05, 0) is 40.0 Å². The van der Waals surface area contributed by atoms with Gasteiger partial charge in [-0.2, -0.15) is 0 Å². The fraction of sp³-hybridized carbons (Fsp3) is 0.421. The fourth-order valence-corrected chi connectivity index (χ4v) is 3.17. The van der Waals surface area contributed by atoms with Crippen molar-refractivity contribution in [3.8, 4) is 11.4 Å². The Bertz CT molecular complexity index is 756. The first-order valence-corrected chi connectivity index (χ1v) is 8.39. The number of carbonyl (C=O) groups is 1. The quantitative estimate of drug-likeness (QED) is 0.935. The Morgan fingerprint density at radius 3 is 2.50 bits per heavy atom. The summed E-state index contributed by atoms with van der Waals surface area (Å²) in [5.41, 5.74) is 3.99. The molecule has 1 unspecified atom stereocenters. The number of carboxylic acid groups (broad SMARTS) is 1. The molecule has 5 nitrogen and oxygen atoms in total. The molecule has 1 saturated heterocycles. The molecule has 0 spiro atoms. The Morgan fingerprint density at radius 2 is 1.83 bits per heavy atom. The van der Waals surface area contributed by atoms with E-state index in [2.05, 4.69) is 4.98 Å². The molecule has 1 aromatic heterocycles. The molecule has 0 bridgehead atoms. The van der Waals surface area contributed by atoms with Gasteiger partial charge in [0.2, 0.25) is 0 Å². The van der Waals surface area contributed by atoms with E-state index >= 15 is 0 Å². The number of aromatic nitrogens is 2. The van der Waals surface area contributed by atoms with Crippen molar-refractivity contribution in [1.82, 2.24) is 9.97 Å². The molecule has 0 aliphatic carbocycles. The summed E-state index contributed by atoms with van der Waals surface area (Å²) in [6, 6.07) is 7.59. The van der Waals surface area contributed by atoms with Gasteiger partial charge in [0.25, 0.3) is 0 Å². The molecule has 126 valence electrons. The lowest BCUT2D eigenvalue weighted by Gasteiger charge is -2.35. The molecule has 5 heteroatoms. The minimum absolute atomic E-state index is 0.502. The third-order valence-corrected chi connectivity index (χ3v) is 4.73. The van der Waals surface area contributed by atoms with Crippen LogP contribution in [0.2, 0.25) is 0 Å². The fourth-order valence-electron chi connectivity index (χ4n) is 3.17. The first kappa shape index (κ1) is 16.4. The van der Waals surface area contributed by atoms with Gasteiger partial charge in [0.15, 0.2) is 5.82 Å². The lowest BCUT2D eigenvalue weighted by Crippen LogP contribution is -2.45. The van der Waals surface area contributed by atoms with Gasteiger partial charge in [-0.15, -0.1) is 0 Å². The molecule has 0 radical (unpaired) electrons. The molecule has 1 atom stereocenters. The standard InChI is InChI=1S/C19H23N3O2/c1-12-7-9-15(10-8-12)17-20-14(3)13(2)18(21-17)22-11-5-4-6-16(22)19(23)24/h7-10,16H,4-6,11H2,1-3H3,(H,23,24). The zero-order valence-corrected chi connectivity index (χ0v) is 14.4. The monoisotopic (exact) mass is 325 g/mol. The van der Waals surface area contributed by atoms with E-state index in [9.17, 15) is 9.90 Å². The number of piperidine rings is 1. The highest BCUT2D eigenvalue weighted by atomic mass is 16.4. The number of aliphatic carboxylic acids is 1. The van der Waals surface area contributed by atoms with Gasteiger partial charge in [-0.25, -0.2) is 14.8 Å². The molecule has 0 amide bonds. The number of rotatable bonds is 3. The Hall–Kier alpha value is -2.43. The number of hydrogen-bond donors (Lipinski definition) is 1. The molecule has 1 fully saturated rings. The lowest BCUT2D eigenvalue weighted by molar-refractivity contribution is -0.139. The van der Waals surface area contributed by atoms with Gasteiger partial charge in [0.05, 0.1) is 0 Å². The number of nitrogens with zero attached hydrogens (tertiary/aromatic N) is 3. The van der Waals surface area contributed by atoms with Crippen LogP contribution < -0.4 is 4.90 Å². The summed E-state index contributed by atoms with van der Waals surface area (Å²) in [7, 11) is 0. The van der Waals surface area contributed by atoms with Crippen LogP contribution in [-0.2, 0) is 4.79 Å². The molecular formula is C19H23N3O2. The van der Waals surface area contributed by atoms with Crippen LogP contribution >= 0.6 is 0 Å². The third kappa shape index (κ3) is 3.11. The van der Waals surface area contributed by atoms with Gasteiger partial charge >= 0.3 is 5.97 Å². The van der Waals surface area contributed by atoms with Crippen LogP contribution in [-0.4, -0.2) is 33.6 Å². The summed E-state index contributed by atoms with van der Waals surface area (Å²) >= 11 is 0. The Balaban J connectivity index is 2.07. The van der Waals surface area contributed by atoms with E-state index in [0.717, 1.165) is 42.0 Å². The van der Waals surface area contributed by atoms with Gasteiger partial charge < -0.3 is 10.0 Å². The highest BCUT2D eigenvalue weighted by Crippen LogP contribution is 2.29. The second-order valence-electron chi connectivity index (χ2n) is 6.49. The van der Waals surface area contributed by atoms with Gasteiger partial charge in [0.1, 0.15) is 11.9 Å². The largest absolute Gasteiger partial charge is 0.480 e. The predicted octanol–water partition coefficient (Wildman–Crippen LogP) is 3.51. The van der Waals surface area contributed by atoms with Crippen molar-refractivity contribution in [2.24, 2.45) is 0 Å². The number of anilines is 1. The van der Waals surface area contributed by atoms with Crippen molar-refractivity contribution >= 4 is 11.8 Å². The third-order valence-electron chi connectivity index (χ3n) is 4.73. The highest BCUT2D eigenvalue weighted by Gasteiger charge is 2.31. The number of carboxylic acids is 1. The molecule has 0 saturated carbocycles. The number of benzene rings is 1. The van der Waals surface area contributed by atoms with E-state index in [4.69, 9.17) is 4.98 Å². The van der Waals surface area contributed by atoms with E-state index in [1.807, 2.05) is 49.9 Å². The number of hydrogen-bond acceptors (Lipinski definition) is 4. The van der Waals surface area contributed by atoms with Crippen LogP contribution in [0.5, 0.6) is 0 Å². The molecule has 1 aromatic carbocycles. The Morgan fingerprint density at radius 1 is 1.12 bits per heavy atom. The topological polar surface area (TPSA) is 66.3 Å². The van der Waals surface area contributed by atoms with Crippen molar-refractivity contribution in [3.05, 3.63) is 41.1 Å². The van der Waals surface area contributed by atoms with Crippen molar-refractivity contribution < 1.29 is 9.90 Å². The van der Waals surface area contributed by atoms with Crippen LogP contribution in [0.15, 0.2) is 24.3 Å². The summed E-state index contributed by atoms with van der Waals surface area (Å²) < 4.78 is 0. The molecule has 2 aromatic rings. The second kappa shape index (κ2) is 6.59. The van der Waals surface area contributed by atoms with Crippen LogP contribution in [0.4, 0.5) is 5.82 Å². The Labute approximate surface area is 142 Å². The van der Waals surface area contributed by atoms with Gasteiger partial charge in [-0.3, -0.25) is 0 Å². The molecular weight excluding hydrogens is 302 g/mol. The van der Waals surface area contributed by atoms with Crippen molar-refractivity contribution in [3.63, 3.8) is 0 Å². The SMILES string of the molecule is Cc1ccc(-c2nc(C)c(C)c(N3CCCCC3C(=O)O)n2)cc1. The van der Waals surface area contributed by atoms with Crippen molar-refractivity contribution in [2.45, 2.75) is 46.1 Å². The summed E-state index contributed by atoms with van der Waals surface area (Å²) in [4.78, 5) is 22.9. The molecule has 24 heavy (non-hydrogen) atoms. The zero-order valence-electron chi connectivity index (χ0n) is 14.4. The second-order valence-corrected chi connectivity index (χ2v) is 6.49. The van der Waals surface area contributed by atoms with Gasteiger partial charge in [-0.1, -0.05) is 29.8 Å². The van der Waals surface area contributed by atoms with Crippen LogP contribution in [0.25, 0.3) is 11.4 Å². The molecule has 2 heterocycles. The van der Waals surface area contributed by atoms with Crippen molar-refractivity contribution in [1.29, 1.82) is 0 Å². The van der Waals surface area contributed by atoms with Gasteiger partial charge in [0, 0.05) is 23.4 Å². The summed E-state index contributed by atoms with van der Waals surface area (Å²) in [6.07, 6.45) is 2.60. The molecule has 3 rings (SSSR count). The predicted molar refractivity (Wildman–Crippen MR) is 94.3 cm³/mol. The van der Waals surface area contributed by atoms with E-state index in [-0.39, 0.29) is 0 Å². The molecule has 1 aliphatic heterocycles. The van der Waals surface area contributed by atoms with E-state index < -0.39 is 12.0 Å². The first-order chi connectivity index (χ1) is 11.5. The van der Waals surface area contributed by atoms with Crippen LogP contribution in [0, 0.1) is 20.8 Å². The van der Waals surface area contributed by atoms with Crippen molar-refractivity contribution in [2.75, 3.05) is 11.4 Å². The normalized spacial score (nSPS) is 17.8. The maximum atomic E-state index is 11.6. The smallest absolute Gasteiger partial charge is 0.326 e. The summed E-state index contributed by atoms with van der Waals surface area (Å²) in [5, 5.41) is 9.56. The minimum atomic E-state index is -0.776. The maximum absolute atomic E-state index is 11.6. The maximum Gasteiger partial charge on any atom is 0.326 e. The molecule has 1 aliphatic rings. The van der Waals surface area contributed by atoms with Crippen LogP contribution in [0.3, 0.4) is 0 Å².